The number of ether oxygens (including phenoxy) is 2. The highest BCUT2D eigenvalue weighted by Gasteiger charge is 2.16. The van der Waals surface area contributed by atoms with Gasteiger partial charge in [0.15, 0.2) is 5.13 Å². The highest BCUT2D eigenvalue weighted by Crippen LogP contribution is 2.33. The number of aromatic nitrogens is 2. The molecule has 0 aliphatic carbocycles. The van der Waals surface area contributed by atoms with Gasteiger partial charge < -0.3 is 9.47 Å². The molecule has 2 aromatic carbocycles. The first-order valence-electron chi connectivity index (χ1n) is 9.04. The maximum Gasteiger partial charge on any atom is 0.259 e. The summed E-state index contributed by atoms with van der Waals surface area (Å²) >= 11 is 1.25. The fourth-order valence-corrected chi connectivity index (χ4v) is 3.81. The molecule has 0 aliphatic rings. The summed E-state index contributed by atoms with van der Waals surface area (Å²) in [6.45, 7) is 1.78. The number of hydrogen-bond acceptors (Lipinski definition) is 6. The Balaban J connectivity index is 1.61. The van der Waals surface area contributed by atoms with Crippen LogP contribution in [-0.2, 0) is 0 Å². The molecule has 0 atom stereocenters. The number of anilines is 1. The quantitative estimate of drug-likeness (QED) is 0.485. The van der Waals surface area contributed by atoms with E-state index in [1.807, 2.05) is 18.2 Å². The number of carbonyl (C=O) groups is 1. The van der Waals surface area contributed by atoms with E-state index in [0.717, 1.165) is 10.9 Å². The fraction of sp³-hybridized carbons (Fsp3) is 0.136. The van der Waals surface area contributed by atoms with Crippen LogP contribution in [0.25, 0.3) is 22.2 Å². The van der Waals surface area contributed by atoms with Crippen molar-refractivity contribution in [2.75, 3.05) is 19.5 Å². The number of amides is 1. The van der Waals surface area contributed by atoms with Crippen molar-refractivity contribution in [2.45, 2.75) is 6.92 Å². The van der Waals surface area contributed by atoms with Gasteiger partial charge in [-0.2, -0.15) is 0 Å². The predicted octanol–water partition coefficient (Wildman–Crippen LogP) is 5.08. The lowest BCUT2D eigenvalue weighted by Crippen LogP contribution is -2.14. The molecule has 2 aromatic heterocycles. The van der Waals surface area contributed by atoms with Crippen molar-refractivity contribution in [1.29, 1.82) is 0 Å². The van der Waals surface area contributed by atoms with E-state index in [4.69, 9.17) is 9.47 Å². The largest absolute Gasteiger partial charge is 0.497 e. The van der Waals surface area contributed by atoms with Gasteiger partial charge in [0.1, 0.15) is 17.3 Å². The summed E-state index contributed by atoms with van der Waals surface area (Å²) in [5.41, 5.74) is 2.83. The number of aryl methyl sites for hydroxylation is 1. The summed E-state index contributed by atoms with van der Waals surface area (Å²) in [7, 11) is 3.11. The zero-order chi connectivity index (χ0) is 21.3. The number of carbonyl (C=O) groups excluding carboxylic acids is 1. The van der Waals surface area contributed by atoms with Crippen LogP contribution in [0, 0.1) is 12.7 Å². The monoisotopic (exact) mass is 423 g/mol. The topological polar surface area (TPSA) is 73.3 Å². The zero-order valence-electron chi connectivity index (χ0n) is 16.5. The van der Waals surface area contributed by atoms with Gasteiger partial charge in [0.25, 0.3) is 5.91 Å². The standard InChI is InChI=1S/C22H18FN3O3S/c1-12-16(8-13-4-6-15(28-2)10-18(13)24-12)21(27)26-22-25-19(11-30-22)17-9-14(23)5-7-20(17)29-3/h4-11H,1-3H3,(H,25,26,27). The zero-order valence-corrected chi connectivity index (χ0v) is 17.3. The number of fused-ring (bicyclic) bond motifs is 1. The number of thiazole rings is 1. The van der Waals surface area contributed by atoms with Crippen LogP contribution in [0.3, 0.4) is 0 Å². The number of pyridine rings is 1. The van der Waals surface area contributed by atoms with Crippen molar-refractivity contribution in [1.82, 2.24) is 9.97 Å². The lowest BCUT2D eigenvalue weighted by Gasteiger charge is -2.08. The Morgan fingerprint density at radius 2 is 1.90 bits per heavy atom. The number of halogens is 1. The number of nitrogens with zero attached hydrogens (tertiary/aromatic N) is 2. The molecule has 0 aliphatic heterocycles. The number of hydrogen-bond donors (Lipinski definition) is 1. The summed E-state index contributed by atoms with van der Waals surface area (Å²) in [6, 6.07) is 11.5. The van der Waals surface area contributed by atoms with E-state index in [-0.39, 0.29) is 11.7 Å². The van der Waals surface area contributed by atoms with Crippen LogP contribution in [0.5, 0.6) is 11.5 Å². The third-order valence-corrected chi connectivity index (χ3v) is 5.38. The van der Waals surface area contributed by atoms with E-state index < -0.39 is 0 Å². The summed E-state index contributed by atoms with van der Waals surface area (Å²) in [5, 5.41) is 5.77. The van der Waals surface area contributed by atoms with Crippen LogP contribution in [0.2, 0.25) is 0 Å². The molecular formula is C22H18FN3O3S. The second-order valence-corrected chi connectivity index (χ2v) is 7.37. The molecule has 2 heterocycles. The van der Waals surface area contributed by atoms with E-state index in [2.05, 4.69) is 15.3 Å². The van der Waals surface area contributed by atoms with Crippen molar-refractivity contribution < 1.29 is 18.7 Å². The maximum atomic E-state index is 13.7. The van der Waals surface area contributed by atoms with E-state index in [1.165, 1.54) is 30.6 Å². The van der Waals surface area contributed by atoms with E-state index in [0.29, 0.717) is 39.1 Å². The second kappa shape index (κ2) is 8.08. The summed E-state index contributed by atoms with van der Waals surface area (Å²) < 4.78 is 24.2. The number of methoxy groups -OCH3 is 2. The van der Waals surface area contributed by atoms with Crippen molar-refractivity contribution in [3.8, 4) is 22.8 Å². The minimum absolute atomic E-state index is 0.315. The SMILES string of the molecule is COc1ccc2cc(C(=O)Nc3nc(-c4cc(F)ccc4OC)cs3)c(C)nc2c1. The minimum atomic E-state index is -0.390. The Kier molecular flexibility index (Phi) is 5.33. The van der Waals surface area contributed by atoms with Crippen LogP contribution in [0.4, 0.5) is 9.52 Å². The van der Waals surface area contributed by atoms with Gasteiger partial charge in [-0.1, -0.05) is 0 Å². The van der Waals surface area contributed by atoms with E-state index in [9.17, 15) is 9.18 Å². The molecule has 4 rings (SSSR count). The Hall–Kier alpha value is -3.52. The van der Waals surface area contributed by atoms with E-state index in [1.54, 1.807) is 31.5 Å². The Labute approximate surface area is 176 Å². The number of rotatable bonds is 5. The van der Waals surface area contributed by atoms with Gasteiger partial charge in [-0.3, -0.25) is 15.1 Å². The lowest BCUT2D eigenvalue weighted by molar-refractivity contribution is 0.102. The van der Waals surface area contributed by atoms with Gasteiger partial charge >= 0.3 is 0 Å². The maximum absolute atomic E-state index is 13.7. The predicted molar refractivity (Wildman–Crippen MR) is 115 cm³/mol. The molecule has 0 unspecified atom stereocenters. The summed E-state index contributed by atoms with van der Waals surface area (Å²) in [6.07, 6.45) is 0. The summed E-state index contributed by atoms with van der Waals surface area (Å²) in [4.78, 5) is 21.8. The molecule has 6 nitrogen and oxygen atoms in total. The molecule has 152 valence electrons. The molecule has 0 bridgehead atoms. The van der Waals surface area contributed by atoms with Crippen LogP contribution >= 0.6 is 11.3 Å². The Morgan fingerprint density at radius 3 is 2.67 bits per heavy atom. The lowest BCUT2D eigenvalue weighted by atomic mass is 10.1. The second-order valence-electron chi connectivity index (χ2n) is 6.52. The van der Waals surface area contributed by atoms with Gasteiger partial charge in [-0.05, 0) is 43.3 Å². The van der Waals surface area contributed by atoms with Gasteiger partial charge in [0, 0.05) is 22.4 Å². The molecule has 1 amide bonds. The molecule has 8 heteroatoms. The number of nitrogens with one attached hydrogen (secondary N) is 1. The molecule has 4 aromatic rings. The first-order valence-corrected chi connectivity index (χ1v) is 9.92. The van der Waals surface area contributed by atoms with Gasteiger partial charge in [0.05, 0.1) is 36.7 Å². The molecule has 0 saturated heterocycles. The highest BCUT2D eigenvalue weighted by molar-refractivity contribution is 7.14. The normalized spacial score (nSPS) is 10.8. The Morgan fingerprint density at radius 1 is 1.07 bits per heavy atom. The van der Waals surface area contributed by atoms with E-state index >= 15 is 0 Å². The van der Waals surface area contributed by atoms with Gasteiger partial charge in [0.2, 0.25) is 0 Å². The smallest absolute Gasteiger partial charge is 0.259 e. The molecule has 0 saturated carbocycles. The molecule has 1 N–H and O–H groups in total. The van der Waals surface area contributed by atoms with Crippen LogP contribution < -0.4 is 14.8 Å². The van der Waals surface area contributed by atoms with Crippen molar-refractivity contribution in [2.24, 2.45) is 0 Å². The van der Waals surface area contributed by atoms with Crippen LogP contribution in [-0.4, -0.2) is 30.1 Å². The van der Waals surface area contributed by atoms with Crippen molar-refractivity contribution >= 4 is 33.3 Å². The van der Waals surface area contributed by atoms with Crippen molar-refractivity contribution in [3.05, 3.63) is 64.9 Å². The van der Waals surface area contributed by atoms with Crippen LogP contribution in [0.15, 0.2) is 47.8 Å². The first kappa shape index (κ1) is 19.8. The van der Waals surface area contributed by atoms with Gasteiger partial charge in [-0.25, -0.2) is 9.37 Å². The molecule has 0 radical (unpaired) electrons. The molecule has 0 spiro atoms. The minimum Gasteiger partial charge on any atom is -0.497 e. The molecular weight excluding hydrogens is 405 g/mol. The first-order chi connectivity index (χ1) is 14.5. The van der Waals surface area contributed by atoms with Crippen molar-refractivity contribution in [3.63, 3.8) is 0 Å². The average Bonchev–Trinajstić information content (AvgIpc) is 3.20. The highest BCUT2D eigenvalue weighted by atomic mass is 32.1. The Bertz CT molecular complexity index is 1260. The fourth-order valence-electron chi connectivity index (χ4n) is 3.10. The molecule has 30 heavy (non-hydrogen) atoms. The summed E-state index contributed by atoms with van der Waals surface area (Å²) in [5.74, 6) is 0.503. The van der Waals surface area contributed by atoms with Crippen LogP contribution in [0.1, 0.15) is 16.1 Å². The van der Waals surface area contributed by atoms with Gasteiger partial charge in [-0.15, -0.1) is 11.3 Å². The molecule has 0 fully saturated rings. The number of benzene rings is 2. The third-order valence-electron chi connectivity index (χ3n) is 4.62. The average molecular weight is 423 g/mol. The third kappa shape index (κ3) is 3.81.